The molecule has 1 amide bonds. The lowest BCUT2D eigenvalue weighted by Crippen LogP contribution is -2.16. The van der Waals surface area contributed by atoms with Gasteiger partial charge < -0.3 is 0 Å². The minimum absolute atomic E-state index is 0.0452. The molecule has 0 saturated carbocycles. The molecule has 4 heteroatoms. The van der Waals surface area contributed by atoms with E-state index in [4.69, 9.17) is 11.6 Å². The Kier molecular flexibility index (Phi) is 6.46. The zero-order chi connectivity index (χ0) is 19.2. The first kappa shape index (κ1) is 19.4. The third-order valence-electron chi connectivity index (χ3n) is 4.78. The maximum absolute atomic E-state index is 12.5. The molecule has 3 rings (SSSR count). The van der Waals surface area contributed by atoms with E-state index in [1.54, 1.807) is 7.05 Å². The van der Waals surface area contributed by atoms with Gasteiger partial charge in [-0.05, 0) is 60.6 Å². The highest BCUT2D eigenvalue weighted by Gasteiger charge is 2.26. The summed E-state index contributed by atoms with van der Waals surface area (Å²) in [5, 5.41) is 6.60. The Bertz CT molecular complexity index is 851. The molecule has 0 atom stereocenters. The number of unbranched alkanes of at least 4 members (excludes halogenated alkanes) is 1. The predicted octanol–water partition coefficient (Wildman–Crippen LogP) is 5.53. The Hall–Kier alpha value is -2.39. The molecular weight excluding hydrogens is 356 g/mol. The Morgan fingerprint density at radius 3 is 2.26 bits per heavy atom. The standard InChI is InChI=1S/C23H25ClN2O/c1-3-4-5-17-6-8-19(9-7-17)16-21-22(25-26(2)23(21)27)15-12-18-10-13-20(24)14-11-18/h6-11,13-14,16H,3-5,12,15H2,1-2H3/b21-16+. The Labute approximate surface area is 166 Å². The van der Waals surface area contributed by atoms with Crippen LogP contribution < -0.4 is 0 Å². The fourth-order valence-corrected chi connectivity index (χ4v) is 3.28. The maximum atomic E-state index is 12.5. The smallest absolute Gasteiger partial charge is 0.267 e. The van der Waals surface area contributed by atoms with Crippen LogP contribution in [0.3, 0.4) is 0 Å². The van der Waals surface area contributed by atoms with Crippen molar-refractivity contribution in [2.45, 2.75) is 39.0 Å². The summed E-state index contributed by atoms with van der Waals surface area (Å²) in [7, 11) is 1.71. The van der Waals surface area contributed by atoms with Crippen LogP contribution in [-0.4, -0.2) is 23.7 Å². The number of halogens is 1. The molecule has 1 aliphatic heterocycles. The molecule has 3 nitrogen and oxygen atoms in total. The van der Waals surface area contributed by atoms with Gasteiger partial charge in [-0.2, -0.15) is 5.10 Å². The monoisotopic (exact) mass is 380 g/mol. The SMILES string of the molecule is CCCCc1ccc(/C=C2/C(=O)N(C)N=C2CCc2ccc(Cl)cc2)cc1. The van der Waals surface area contributed by atoms with Crippen LogP contribution in [0.2, 0.25) is 5.02 Å². The summed E-state index contributed by atoms with van der Waals surface area (Å²) in [6.45, 7) is 2.20. The van der Waals surface area contributed by atoms with Crippen LogP contribution in [0.1, 0.15) is 42.9 Å². The van der Waals surface area contributed by atoms with Crippen molar-refractivity contribution in [2.75, 3.05) is 7.05 Å². The highest BCUT2D eigenvalue weighted by molar-refractivity contribution is 6.30. The number of rotatable bonds is 7. The Morgan fingerprint density at radius 1 is 0.963 bits per heavy atom. The molecule has 2 aromatic rings. The summed E-state index contributed by atoms with van der Waals surface area (Å²) >= 11 is 5.95. The summed E-state index contributed by atoms with van der Waals surface area (Å²) in [5.74, 6) is -0.0452. The molecule has 2 aromatic carbocycles. The van der Waals surface area contributed by atoms with Gasteiger partial charge in [-0.25, -0.2) is 5.01 Å². The molecule has 27 heavy (non-hydrogen) atoms. The van der Waals surface area contributed by atoms with Crippen molar-refractivity contribution in [2.24, 2.45) is 5.10 Å². The van der Waals surface area contributed by atoms with Crippen molar-refractivity contribution in [3.05, 3.63) is 75.8 Å². The average molecular weight is 381 g/mol. The number of likely N-dealkylation sites (N-methyl/N-ethyl adjacent to an activating group) is 1. The molecule has 140 valence electrons. The van der Waals surface area contributed by atoms with Crippen molar-refractivity contribution in [3.63, 3.8) is 0 Å². The lowest BCUT2D eigenvalue weighted by atomic mass is 9.99. The van der Waals surface area contributed by atoms with Crippen LogP contribution in [0.4, 0.5) is 0 Å². The van der Waals surface area contributed by atoms with Crippen molar-refractivity contribution < 1.29 is 4.79 Å². The number of nitrogens with zero attached hydrogens (tertiary/aromatic N) is 2. The molecule has 0 spiro atoms. The lowest BCUT2D eigenvalue weighted by Gasteiger charge is -2.05. The Morgan fingerprint density at radius 2 is 1.59 bits per heavy atom. The van der Waals surface area contributed by atoms with Crippen LogP contribution >= 0.6 is 11.6 Å². The minimum atomic E-state index is -0.0452. The van der Waals surface area contributed by atoms with E-state index in [0.29, 0.717) is 5.57 Å². The van der Waals surface area contributed by atoms with Crippen molar-refractivity contribution in [3.8, 4) is 0 Å². The highest BCUT2D eigenvalue weighted by Crippen LogP contribution is 2.21. The van der Waals surface area contributed by atoms with Gasteiger partial charge in [-0.15, -0.1) is 0 Å². The Balaban J connectivity index is 1.73. The lowest BCUT2D eigenvalue weighted by molar-refractivity contribution is -0.124. The van der Waals surface area contributed by atoms with Gasteiger partial charge in [0.05, 0.1) is 11.3 Å². The fourth-order valence-electron chi connectivity index (χ4n) is 3.15. The summed E-state index contributed by atoms with van der Waals surface area (Å²) in [4.78, 5) is 12.5. The first-order chi connectivity index (χ1) is 13.1. The summed E-state index contributed by atoms with van der Waals surface area (Å²) in [6, 6.07) is 16.3. The molecule has 0 aromatic heterocycles. The first-order valence-electron chi connectivity index (χ1n) is 9.48. The third kappa shape index (κ3) is 5.08. The quantitative estimate of drug-likeness (QED) is 0.581. The molecule has 0 fully saturated rings. The second-order valence-corrected chi connectivity index (χ2v) is 7.34. The van der Waals surface area contributed by atoms with E-state index in [0.717, 1.165) is 35.6 Å². The predicted molar refractivity (Wildman–Crippen MR) is 113 cm³/mol. The van der Waals surface area contributed by atoms with Crippen LogP contribution in [0.5, 0.6) is 0 Å². The maximum Gasteiger partial charge on any atom is 0.275 e. The van der Waals surface area contributed by atoms with E-state index in [1.165, 1.54) is 29.0 Å². The van der Waals surface area contributed by atoms with Gasteiger partial charge in [0.2, 0.25) is 0 Å². The van der Waals surface area contributed by atoms with Crippen molar-refractivity contribution >= 4 is 29.3 Å². The molecule has 0 aliphatic carbocycles. The van der Waals surface area contributed by atoms with E-state index < -0.39 is 0 Å². The van der Waals surface area contributed by atoms with E-state index in [1.807, 2.05) is 30.3 Å². The van der Waals surface area contributed by atoms with E-state index in [9.17, 15) is 4.79 Å². The first-order valence-corrected chi connectivity index (χ1v) is 9.85. The third-order valence-corrected chi connectivity index (χ3v) is 5.03. The minimum Gasteiger partial charge on any atom is -0.267 e. The molecule has 0 N–H and O–H groups in total. The van der Waals surface area contributed by atoms with Gasteiger partial charge in [0.15, 0.2) is 0 Å². The van der Waals surface area contributed by atoms with Gasteiger partial charge in [0, 0.05) is 12.1 Å². The van der Waals surface area contributed by atoms with Gasteiger partial charge in [0.1, 0.15) is 0 Å². The highest BCUT2D eigenvalue weighted by atomic mass is 35.5. The normalized spacial score (nSPS) is 15.5. The van der Waals surface area contributed by atoms with E-state index in [-0.39, 0.29) is 5.91 Å². The number of aryl methyl sites for hydroxylation is 2. The van der Waals surface area contributed by atoms with Gasteiger partial charge >= 0.3 is 0 Å². The van der Waals surface area contributed by atoms with E-state index >= 15 is 0 Å². The van der Waals surface area contributed by atoms with Gasteiger partial charge in [-0.3, -0.25) is 4.79 Å². The van der Waals surface area contributed by atoms with Crippen LogP contribution in [0.25, 0.3) is 6.08 Å². The number of hydrazone groups is 1. The van der Waals surface area contributed by atoms with Crippen molar-refractivity contribution in [1.29, 1.82) is 0 Å². The molecule has 0 saturated heterocycles. The molecule has 1 heterocycles. The second-order valence-electron chi connectivity index (χ2n) is 6.91. The largest absolute Gasteiger partial charge is 0.275 e. The molecule has 1 aliphatic rings. The van der Waals surface area contributed by atoms with Crippen LogP contribution in [0, 0.1) is 0 Å². The number of benzene rings is 2. The zero-order valence-corrected chi connectivity index (χ0v) is 16.7. The molecule has 0 bridgehead atoms. The van der Waals surface area contributed by atoms with Gasteiger partial charge in [-0.1, -0.05) is 61.3 Å². The van der Waals surface area contributed by atoms with Crippen molar-refractivity contribution in [1.82, 2.24) is 5.01 Å². The zero-order valence-electron chi connectivity index (χ0n) is 15.9. The summed E-state index contributed by atoms with van der Waals surface area (Å²) in [5.41, 5.74) is 5.09. The van der Waals surface area contributed by atoms with Gasteiger partial charge in [0.25, 0.3) is 5.91 Å². The second kappa shape index (κ2) is 9.01. The summed E-state index contributed by atoms with van der Waals surface area (Å²) in [6.07, 6.45) is 6.99. The number of hydrogen-bond donors (Lipinski definition) is 0. The molecule has 0 unspecified atom stereocenters. The molecule has 0 radical (unpaired) electrons. The number of amides is 1. The average Bonchev–Trinajstić information content (AvgIpc) is 2.95. The van der Waals surface area contributed by atoms with Crippen LogP contribution in [-0.2, 0) is 17.6 Å². The fraction of sp³-hybridized carbons (Fsp3) is 0.304. The number of carbonyl (C=O) groups excluding carboxylic acids is 1. The molecular formula is C23H25ClN2O. The van der Waals surface area contributed by atoms with Crippen LogP contribution in [0.15, 0.2) is 59.2 Å². The van der Waals surface area contributed by atoms with E-state index in [2.05, 4.69) is 36.3 Å². The topological polar surface area (TPSA) is 32.7 Å². The number of hydrogen-bond acceptors (Lipinski definition) is 2. The summed E-state index contributed by atoms with van der Waals surface area (Å²) < 4.78 is 0. The number of carbonyl (C=O) groups is 1.